The molecule has 1 aromatic carbocycles. The smallest absolute Gasteiger partial charge is 0.245 e. The molecule has 1 aromatic rings. The van der Waals surface area contributed by atoms with Gasteiger partial charge in [-0.3, -0.25) is 9.10 Å². The summed E-state index contributed by atoms with van der Waals surface area (Å²) in [5.74, 6) is -0.260. The lowest BCUT2D eigenvalue weighted by Gasteiger charge is -2.29. The van der Waals surface area contributed by atoms with Crippen LogP contribution >= 0.6 is 0 Å². The molecule has 0 bridgehead atoms. The summed E-state index contributed by atoms with van der Waals surface area (Å²) in [5.41, 5.74) is 0.489. The second-order valence-electron chi connectivity index (χ2n) is 4.30. The van der Waals surface area contributed by atoms with E-state index in [9.17, 15) is 13.2 Å². The Kier molecular flexibility index (Phi) is 4.34. The van der Waals surface area contributed by atoms with Crippen molar-refractivity contribution in [1.29, 1.82) is 0 Å². The zero-order valence-electron chi connectivity index (χ0n) is 11.0. The van der Waals surface area contributed by atoms with Gasteiger partial charge in [0.2, 0.25) is 15.9 Å². The fourth-order valence-corrected chi connectivity index (χ4v) is 2.92. The van der Waals surface area contributed by atoms with Crippen molar-refractivity contribution in [3.8, 4) is 0 Å². The minimum atomic E-state index is -3.51. The van der Waals surface area contributed by atoms with Gasteiger partial charge < -0.3 is 4.90 Å². The first-order chi connectivity index (χ1) is 8.25. The fourth-order valence-electron chi connectivity index (χ4n) is 1.75. The van der Waals surface area contributed by atoms with Crippen molar-refractivity contribution in [2.75, 3.05) is 24.7 Å². The van der Waals surface area contributed by atoms with Crippen LogP contribution in [0.4, 0.5) is 5.69 Å². The minimum Gasteiger partial charge on any atom is -0.347 e. The number of carbonyl (C=O) groups excluding carboxylic acids is 1. The van der Waals surface area contributed by atoms with Crippen LogP contribution in [0.2, 0.25) is 0 Å². The lowest BCUT2D eigenvalue weighted by Crippen LogP contribution is -2.47. The third-order valence-corrected chi connectivity index (χ3v) is 3.76. The average molecular weight is 270 g/mol. The molecule has 100 valence electrons. The van der Waals surface area contributed by atoms with Gasteiger partial charge in [-0.1, -0.05) is 18.2 Å². The predicted molar refractivity (Wildman–Crippen MR) is 71.9 cm³/mol. The molecule has 0 N–H and O–H groups in total. The molecule has 0 aliphatic rings. The number of para-hydroxylation sites is 1. The Labute approximate surface area is 108 Å². The number of sulfonamides is 1. The van der Waals surface area contributed by atoms with E-state index in [2.05, 4.69) is 0 Å². The van der Waals surface area contributed by atoms with Gasteiger partial charge in [-0.25, -0.2) is 8.42 Å². The van der Waals surface area contributed by atoms with Crippen LogP contribution in [0.3, 0.4) is 0 Å². The van der Waals surface area contributed by atoms with Crippen LogP contribution in [0.5, 0.6) is 0 Å². The summed E-state index contributed by atoms with van der Waals surface area (Å²) in [5, 5.41) is 0. The number of nitrogens with zero attached hydrogens (tertiary/aromatic N) is 2. The monoisotopic (exact) mass is 270 g/mol. The highest BCUT2D eigenvalue weighted by atomic mass is 32.2. The van der Waals surface area contributed by atoms with Crippen molar-refractivity contribution in [3.63, 3.8) is 0 Å². The highest BCUT2D eigenvalue weighted by Crippen LogP contribution is 2.20. The number of carbonyl (C=O) groups is 1. The highest BCUT2D eigenvalue weighted by molar-refractivity contribution is 7.92. The van der Waals surface area contributed by atoms with Crippen molar-refractivity contribution in [3.05, 3.63) is 30.3 Å². The Morgan fingerprint density at radius 3 is 2.06 bits per heavy atom. The van der Waals surface area contributed by atoms with E-state index in [0.717, 1.165) is 10.6 Å². The Morgan fingerprint density at radius 2 is 1.67 bits per heavy atom. The summed E-state index contributed by atoms with van der Waals surface area (Å²) in [6.07, 6.45) is 1.10. The Hall–Kier alpha value is -1.56. The minimum absolute atomic E-state index is 0.260. The zero-order valence-corrected chi connectivity index (χ0v) is 11.8. The van der Waals surface area contributed by atoms with Crippen LogP contribution in [0.1, 0.15) is 6.92 Å². The molecule has 1 rings (SSSR count). The van der Waals surface area contributed by atoms with Crippen LogP contribution in [0.15, 0.2) is 30.3 Å². The third kappa shape index (κ3) is 3.22. The lowest BCUT2D eigenvalue weighted by molar-refractivity contribution is -0.129. The largest absolute Gasteiger partial charge is 0.347 e. The maximum absolute atomic E-state index is 11.9. The van der Waals surface area contributed by atoms with Gasteiger partial charge in [-0.2, -0.15) is 0 Å². The Bertz CT molecular complexity index is 511. The first kappa shape index (κ1) is 14.5. The van der Waals surface area contributed by atoms with Crippen molar-refractivity contribution in [1.82, 2.24) is 4.90 Å². The summed E-state index contributed by atoms with van der Waals surface area (Å²) in [6.45, 7) is 1.58. The van der Waals surface area contributed by atoms with E-state index >= 15 is 0 Å². The van der Waals surface area contributed by atoms with Gasteiger partial charge in [0.05, 0.1) is 11.9 Å². The first-order valence-corrected chi connectivity index (χ1v) is 7.35. The van der Waals surface area contributed by atoms with E-state index in [1.807, 2.05) is 0 Å². The SMILES string of the molecule is C[C@@H](C(=O)N(C)C)N(c1ccccc1)S(C)(=O)=O. The Morgan fingerprint density at radius 1 is 1.17 bits per heavy atom. The summed E-state index contributed by atoms with van der Waals surface area (Å²) >= 11 is 0. The molecule has 1 atom stereocenters. The Balaban J connectivity index is 3.21. The molecule has 0 spiro atoms. The molecule has 0 saturated heterocycles. The summed E-state index contributed by atoms with van der Waals surface area (Å²) in [6, 6.07) is 7.84. The molecule has 0 unspecified atom stereocenters. The molecule has 1 amide bonds. The van der Waals surface area contributed by atoms with E-state index in [-0.39, 0.29) is 5.91 Å². The standard InChI is InChI=1S/C12H18N2O3S/c1-10(12(15)13(2)3)14(18(4,16)17)11-8-6-5-7-9-11/h5-10H,1-4H3/t10-/m0/s1. The number of anilines is 1. The van der Waals surface area contributed by atoms with Crippen molar-refractivity contribution in [2.24, 2.45) is 0 Å². The number of amides is 1. The quantitative estimate of drug-likeness (QED) is 0.818. The van der Waals surface area contributed by atoms with Gasteiger partial charge in [0.1, 0.15) is 6.04 Å². The third-order valence-electron chi connectivity index (χ3n) is 2.52. The van der Waals surface area contributed by atoms with Gasteiger partial charge in [0, 0.05) is 14.1 Å². The number of rotatable bonds is 4. The molecular formula is C12H18N2O3S. The second kappa shape index (κ2) is 5.39. The molecule has 0 saturated carbocycles. The van der Waals surface area contributed by atoms with E-state index in [1.165, 1.54) is 4.90 Å². The fraction of sp³-hybridized carbons (Fsp3) is 0.417. The van der Waals surface area contributed by atoms with E-state index < -0.39 is 16.1 Å². The van der Waals surface area contributed by atoms with Crippen LogP contribution in [-0.4, -0.2) is 45.6 Å². The second-order valence-corrected chi connectivity index (χ2v) is 6.16. The molecule has 6 heteroatoms. The maximum atomic E-state index is 11.9. The van der Waals surface area contributed by atoms with Crippen molar-refractivity contribution >= 4 is 21.6 Å². The van der Waals surface area contributed by atoms with Crippen LogP contribution in [0, 0.1) is 0 Å². The van der Waals surface area contributed by atoms with Crippen molar-refractivity contribution in [2.45, 2.75) is 13.0 Å². The summed E-state index contributed by atoms with van der Waals surface area (Å²) < 4.78 is 24.8. The van der Waals surface area contributed by atoms with Gasteiger partial charge in [0.25, 0.3) is 0 Å². The van der Waals surface area contributed by atoms with Crippen LogP contribution in [0.25, 0.3) is 0 Å². The topological polar surface area (TPSA) is 57.7 Å². The molecule has 0 aliphatic carbocycles. The number of benzene rings is 1. The van der Waals surface area contributed by atoms with Crippen LogP contribution in [-0.2, 0) is 14.8 Å². The highest BCUT2D eigenvalue weighted by Gasteiger charge is 2.29. The molecule has 0 radical (unpaired) electrons. The predicted octanol–water partition coefficient (Wildman–Crippen LogP) is 0.929. The lowest BCUT2D eigenvalue weighted by atomic mass is 10.2. The summed E-state index contributed by atoms with van der Waals surface area (Å²) in [4.78, 5) is 13.3. The van der Waals surface area contributed by atoms with Gasteiger partial charge in [-0.15, -0.1) is 0 Å². The maximum Gasteiger partial charge on any atom is 0.245 e. The number of hydrogen-bond donors (Lipinski definition) is 0. The molecule has 18 heavy (non-hydrogen) atoms. The van der Waals surface area contributed by atoms with Crippen LogP contribution < -0.4 is 4.31 Å². The van der Waals surface area contributed by atoms with Crippen molar-refractivity contribution < 1.29 is 13.2 Å². The molecular weight excluding hydrogens is 252 g/mol. The zero-order chi connectivity index (χ0) is 13.9. The van der Waals surface area contributed by atoms with Gasteiger partial charge in [-0.05, 0) is 19.1 Å². The first-order valence-electron chi connectivity index (χ1n) is 5.50. The number of hydrogen-bond acceptors (Lipinski definition) is 3. The van der Waals surface area contributed by atoms with Gasteiger partial charge in [0.15, 0.2) is 0 Å². The molecule has 5 nitrogen and oxygen atoms in total. The molecule has 0 fully saturated rings. The molecule has 0 aromatic heterocycles. The summed E-state index contributed by atoms with van der Waals surface area (Å²) in [7, 11) is -0.307. The van der Waals surface area contributed by atoms with E-state index in [1.54, 1.807) is 51.4 Å². The molecule has 0 heterocycles. The van der Waals surface area contributed by atoms with E-state index in [4.69, 9.17) is 0 Å². The number of likely N-dealkylation sites (N-methyl/N-ethyl adjacent to an activating group) is 1. The normalized spacial score (nSPS) is 12.9. The van der Waals surface area contributed by atoms with E-state index in [0.29, 0.717) is 5.69 Å². The average Bonchev–Trinajstić information content (AvgIpc) is 2.27. The molecule has 0 aliphatic heterocycles. The van der Waals surface area contributed by atoms with Gasteiger partial charge >= 0.3 is 0 Å².